The SMILES string of the molecule is CC(NCC1CCCN1c1cccnn1)C(=O)N1CCOCC1. The minimum absolute atomic E-state index is 0.164. The van der Waals surface area contributed by atoms with E-state index in [9.17, 15) is 4.79 Å². The van der Waals surface area contributed by atoms with Crippen LogP contribution in [0.4, 0.5) is 5.82 Å². The minimum atomic E-state index is -0.169. The largest absolute Gasteiger partial charge is 0.378 e. The number of nitrogens with zero attached hydrogens (tertiary/aromatic N) is 4. The molecule has 2 unspecified atom stereocenters. The first kappa shape index (κ1) is 16.1. The van der Waals surface area contributed by atoms with Crippen molar-refractivity contribution >= 4 is 11.7 Å². The van der Waals surface area contributed by atoms with E-state index in [1.165, 1.54) is 0 Å². The van der Waals surface area contributed by atoms with Crippen LogP contribution in [0.5, 0.6) is 0 Å². The highest BCUT2D eigenvalue weighted by Crippen LogP contribution is 2.22. The number of ether oxygens (including phenoxy) is 1. The van der Waals surface area contributed by atoms with Crippen LogP contribution in [-0.2, 0) is 9.53 Å². The molecule has 2 saturated heterocycles. The fourth-order valence-corrected chi connectivity index (χ4v) is 3.25. The monoisotopic (exact) mass is 319 g/mol. The van der Waals surface area contributed by atoms with E-state index in [1.807, 2.05) is 24.0 Å². The van der Waals surface area contributed by atoms with Crippen molar-refractivity contribution in [3.05, 3.63) is 18.3 Å². The molecule has 0 saturated carbocycles. The van der Waals surface area contributed by atoms with E-state index in [1.54, 1.807) is 6.20 Å². The summed E-state index contributed by atoms with van der Waals surface area (Å²) < 4.78 is 5.30. The first-order valence-corrected chi connectivity index (χ1v) is 8.40. The van der Waals surface area contributed by atoms with E-state index < -0.39 is 0 Å². The standard InChI is InChI=1S/C16H25N5O2/c1-13(16(22)20-8-10-23-11-9-20)17-12-14-4-3-7-21(14)15-5-2-6-18-19-15/h2,5-6,13-14,17H,3-4,7-12H2,1H3. The molecular weight excluding hydrogens is 294 g/mol. The molecule has 126 valence electrons. The maximum Gasteiger partial charge on any atom is 0.239 e. The molecule has 1 aromatic heterocycles. The Morgan fingerprint density at radius 2 is 2.26 bits per heavy atom. The number of rotatable bonds is 5. The second kappa shape index (κ2) is 7.70. The third-order valence-electron chi connectivity index (χ3n) is 4.58. The van der Waals surface area contributed by atoms with Gasteiger partial charge in [0.2, 0.25) is 5.91 Å². The molecule has 23 heavy (non-hydrogen) atoms. The first-order valence-electron chi connectivity index (χ1n) is 8.40. The van der Waals surface area contributed by atoms with E-state index in [-0.39, 0.29) is 11.9 Å². The van der Waals surface area contributed by atoms with Gasteiger partial charge in [0.25, 0.3) is 0 Å². The number of anilines is 1. The molecule has 3 heterocycles. The number of morpholine rings is 1. The molecule has 2 aliphatic rings. The van der Waals surface area contributed by atoms with Crippen molar-refractivity contribution in [1.29, 1.82) is 0 Å². The summed E-state index contributed by atoms with van der Waals surface area (Å²) in [4.78, 5) is 16.6. The summed E-state index contributed by atoms with van der Waals surface area (Å²) in [6, 6.07) is 4.10. The predicted octanol–water partition coefficient (Wildman–Crippen LogP) is 0.282. The topological polar surface area (TPSA) is 70.6 Å². The maximum atomic E-state index is 12.4. The quantitative estimate of drug-likeness (QED) is 0.841. The molecule has 7 nitrogen and oxygen atoms in total. The van der Waals surface area contributed by atoms with Gasteiger partial charge in [-0.05, 0) is 31.9 Å². The first-order chi connectivity index (χ1) is 11.3. The highest BCUT2D eigenvalue weighted by molar-refractivity contribution is 5.81. The molecule has 2 atom stereocenters. The highest BCUT2D eigenvalue weighted by atomic mass is 16.5. The molecule has 0 bridgehead atoms. The van der Waals surface area contributed by atoms with Crippen molar-refractivity contribution in [2.75, 3.05) is 44.3 Å². The van der Waals surface area contributed by atoms with Crippen molar-refractivity contribution in [2.45, 2.75) is 31.8 Å². The molecular formula is C16H25N5O2. The van der Waals surface area contributed by atoms with Crippen LogP contribution >= 0.6 is 0 Å². The molecule has 2 aliphatic heterocycles. The number of hydrogen-bond acceptors (Lipinski definition) is 6. The van der Waals surface area contributed by atoms with Gasteiger partial charge in [-0.25, -0.2) is 0 Å². The minimum Gasteiger partial charge on any atom is -0.378 e. The second-order valence-corrected chi connectivity index (χ2v) is 6.14. The van der Waals surface area contributed by atoms with Crippen molar-refractivity contribution in [1.82, 2.24) is 20.4 Å². The zero-order chi connectivity index (χ0) is 16.1. The molecule has 2 fully saturated rings. The van der Waals surface area contributed by atoms with Crippen LogP contribution in [0, 0.1) is 0 Å². The average molecular weight is 319 g/mol. The van der Waals surface area contributed by atoms with Crippen molar-refractivity contribution in [3.63, 3.8) is 0 Å². The Hall–Kier alpha value is -1.73. The summed E-state index contributed by atoms with van der Waals surface area (Å²) in [5, 5.41) is 11.6. The predicted molar refractivity (Wildman–Crippen MR) is 87.3 cm³/mol. The summed E-state index contributed by atoms with van der Waals surface area (Å²) in [6.07, 6.45) is 3.95. The molecule has 1 amide bonds. The van der Waals surface area contributed by atoms with Gasteiger partial charge >= 0.3 is 0 Å². The third kappa shape index (κ3) is 3.97. The Kier molecular flexibility index (Phi) is 5.40. The van der Waals surface area contributed by atoms with Gasteiger partial charge in [0.05, 0.1) is 19.3 Å². The van der Waals surface area contributed by atoms with Crippen molar-refractivity contribution in [2.24, 2.45) is 0 Å². The number of hydrogen-bond donors (Lipinski definition) is 1. The highest BCUT2D eigenvalue weighted by Gasteiger charge is 2.28. The fraction of sp³-hybridized carbons (Fsp3) is 0.688. The Morgan fingerprint density at radius 3 is 3.00 bits per heavy atom. The van der Waals surface area contributed by atoms with Gasteiger partial charge in [-0.1, -0.05) is 0 Å². The van der Waals surface area contributed by atoms with E-state index >= 15 is 0 Å². The van der Waals surface area contributed by atoms with Crippen molar-refractivity contribution < 1.29 is 9.53 Å². The normalized spacial score (nSPS) is 23.1. The molecule has 3 rings (SSSR count). The number of aromatic nitrogens is 2. The van der Waals surface area contributed by atoms with Crippen LogP contribution in [0.25, 0.3) is 0 Å². The third-order valence-corrected chi connectivity index (χ3v) is 4.58. The average Bonchev–Trinajstić information content (AvgIpc) is 3.09. The number of carbonyl (C=O) groups excluding carboxylic acids is 1. The lowest BCUT2D eigenvalue weighted by atomic mass is 10.2. The summed E-state index contributed by atoms with van der Waals surface area (Å²) in [7, 11) is 0. The van der Waals surface area contributed by atoms with E-state index in [2.05, 4.69) is 20.4 Å². The molecule has 0 aromatic carbocycles. The van der Waals surface area contributed by atoms with Crippen LogP contribution in [0.3, 0.4) is 0 Å². The molecule has 0 aliphatic carbocycles. The summed E-state index contributed by atoms with van der Waals surface area (Å²) in [6.45, 7) is 6.40. The Labute approximate surface area is 137 Å². The lowest BCUT2D eigenvalue weighted by Crippen LogP contribution is -2.51. The lowest BCUT2D eigenvalue weighted by molar-refractivity contribution is -0.137. The zero-order valence-electron chi connectivity index (χ0n) is 13.6. The zero-order valence-corrected chi connectivity index (χ0v) is 13.6. The van der Waals surface area contributed by atoms with Crippen LogP contribution < -0.4 is 10.2 Å². The Morgan fingerprint density at radius 1 is 1.43 bits per heavy atom. The number of carbonyl (C=O) groups is 1. The Balaban J connectivity index is 1.51. The number of nitrogens with one attached hydrogen (secondary N) is 1. The Bertz CT molecular complexity index is 506. The van der Waals surface area contributed by atoms with E-state index in [0.29, 0.717) is 32.3 Å². The van der Waals surface area contributed by atoms with Gasteiger partial charge < -0.3 is 19.9 Å². The van der Waals surface area contributed by atoms with Crippen LogP contribution in [0.2, 0.25) is 0 Å². The van der Waals surface area contributed by atoms with Gasteiger partial charge in [-0.3, -0.25) is 4.79 Å². The van der Waals surface area contributed by atoms with Gasteiger partial charge in [0, 0.05) is 38.4 Å². The van der Waals surface area contributed by atoms with Crippen molar-refractivity contribution in [3.8, 4) is 0 Å². The molecule has 0 spiro atoms. The molecule has 0 radical (unpaired) electrons. The summed E-state index contributed by atoms with van der Waals surface area (Å²) >= 11 is 0. The van der Waals surface area contributed by atoms with Crippen LogP contribution in [-0.4, -0.2) is 72.5 Å². The van der Waals surface area contributed by atoms with E-state index in [0.717, 1.165) is 31.7 Å². The van der Waals surface area contributed by atoms with Crippen LogP contribution in [0.15, 0.2) is 18.3 Å². The van der Waals surface area contributed by atoms with Crippen LogP contribution in [0.1, 0.15) is 19.8 Å². The fourth-order valence-electron chi connectivity index (χ4n) is 3.25. The van der Waals surface area contributed by atoms with Gasteiger partial charge in [0.1, 0.15) is 0 Å². The number of amides is 1. The summed E-state index contributed by atoms with van der Waals surface area (Å²) in [5.74, 6) is 1.08. The van der Waals surface area contributed by atoms with Gasteiger partial charge in [0.15, 0.2) is 5.82 Å². The molecule has 7 heteroatoms. The second-order valence-electron chi connectivity index (χ2n) is 6.14. The maximum absolute atomic E-state index is 12.4. The van der Waals surface area contributed by atoms with Gasteiger partial charge in [-0.15, -0.1) is 5.10 Å². The molecule has 1 N–H and O–H groups in total. The molecule has 1 aromatic rings. The summed E-state index contributed by atoms with van der Waals surface area (Å²) in [5.41, 5.74) is 0. The van der Waals surface area contributed by atoms with E-state index in [4.69, 9.17) is 4.74 Å². The smallest absolute Gasteiger partial charge is 0.239 e. The lowest BCUT2D eigenvalue weighted by Gasteiger charge is -2.31. The van der Waals surface area contributed by atoms with Gasteiger partial charge in [-0.2, -0.15) is 5.10 Å².